The number of rotatable bonds is 2. The topological polar surface area (TPSA) is 26.3 Å². The average molecular weight is 272 g/mol. The average Bonchev–Trinajstić information content (AvgIpc) is 2.96. The van der Waals surface area contributed by atoms with Gasteiger partial charge in [0.2, 0.25) is 0 Å². The van der Waals surface area contributed by atoms with E-state index < -0.39 is 0 Å². The van der Waals surface area contributed by atoms with Crippen LogP contribution < -0.4 is 4.74 Å². The van der Waals surface area contributed by atoms with Crippen molar-refractivity contribution < 1.29 is 9.53 Å². The Labute approximate surface area is 121 Å². The maximum Gasteiger partial charge on any atom is 0.166 e. The van der Waals surface area contributed by atoms with Crippen molar-refractivity contribution in [1.29, 1.82) is 0 Å². The van der Waals surface area contributed by atoms with E-state index in [0.29, 0.717) is 11.7 Å². The SMILES string of the molecule is COc1cc2c(c(C)c1C)C(=O)C(C1CCCC1)CC2. The number of aryl methyl sites for hydroxylation is 1. The van der Waals surface area contributed by atoms with Gasteiger partial charge >= 0.3 is 0 Å². The Hall–Kier alpha value is -1.31. The lowest BCUT2D eigenvalue weighted by Gasteiger charge is -2.30. The minimum absolute atomic E-state index is 0.275. The van der Waals surface area contributed by atoms with Crippen molar-refractivity contribution in [2.24, 2.45) is 11.8 Å². The van der Waals surface area contributed by atoms with Crippen LogP contribution in [0.3, 0.4) is 0 Å². The summed E-state index contributed by atoms with van der Waals surface area (Å²) in [6, 6.07) is 2.08. The van der Waals surface area contributed by atoms with Gasteiger partial charge in [-0.05, 0) is 68.2 Å². The Morgan fingerprint density at radius 1 is 1.10 bits per heavy atom. The van der Waals surface area contributed by atoms with Gasteiger partial charge in [0.05, 0.1) is 7.11 Å². The van der Waals surface area contributed by atoms with E-state index in [1.807, 2.05) is 0 Å². The molecule has 0 heterocycles. The van der Waals surface area contributed by atoms with Gasteiger partial charge in [0, 0.05) is 11.5 Å². The van der Waals surface area contributed by atoms with Crippen LogP contribution >= 0.6 is 0 Å². The molecule has 1 aromatic rings. The molecule has 0 aromatic heterocycles. The smallest absolute Gasteiger partial charge is 0.166 e. The largest absolute Gasteiger partial charge is 0.496 e. The molecule has 3 rings (SSSR count). The highest BCUT2D eigenvalue weighted by Crippen LogP contribution is 2.41. The molecule has 0 amide bonds. The minimum Gasteiger partial charge on any atom is -0.496 e. The fourth-order valence-corrected chi connectivity index (χ4v) is 4.14. The Morgan fingerprint density at radius 3 is 2.45 bits per heavy atom. The summed E-state index contributed by atoms with van der Waals surface area (Å²) in [6.07, 6.45) is 7.17. The zero-order valence-electron chi connectivity index (χ0n) is 12.8. The summed E-state index contributed by atoms with van der Waals surface area (Å²) < 4.78 is 5.44. The lowest BCUT2D eigenvalue weighted by molar-refractivity contribution is 0.0849. The number of carbonyl (C=O) groups excluding carboxylic acids is 1. The van der Waals surface area contributed by atoms with E-state index >= 15 is 0 Å². The molecule has 2 aliphatic carbocycles. The summed E-state index contributed by atoms with van der Waals surface area (Å²) in [5, 5.41) is 0. The summed E-state index contributed by atoms with van der Waals surface area (Å²) in [7, 11) is 1.71. The number of benzene rings is 1. The lowest BCUT2D eigenvalue weighted by atomic mass is 9.73. The van der Waals surface area contributed by atoms with Crippen LogP contribution in [0.25, 0.3) is 0 Å². The summed E-state index contributed by atoms with van der Waals surface area (Å²) >= 11 is 0. The maximum absolute atomic E-state index is 12.9. The second kappa shape index (κ2) is 5.23. The van der Waals surface area contributed by atoms with Crippen LogP contribution in [0.4, 0.5) is 0 Å². The molecule has 1 aromatic carbocycles. The summed E-state index contributed by atoms with van der Waals surface area (Å²) in [5.41, 5.74) is 4.45. The fraction of sp³-hybridized carbons (Fsp3) is 0.611. The van der Waals surface area contributed by atoms with Crippen LogP contribution in [0.1, 0.15) is 59.2 Å². The number of methoxy groups -OCH3 is 1. The molecular weight excluding hydrogens is 248 g/mol. The Morgan fingerprint density at radius 2 is 1.80 bits per heavy atom. The van der Waals surface area contributed by atoms with E-state index in [1.54, 1.807) is 7.11 Å². The highest BCUT2D eigenvalue weighted by molar-refractivity contribution is 6.02. The van der Waals surface area contributed by atoms with Crippen LogP contribution in [0, 0.1) is 25.7 Å². The minimum atomic E-state index is 0.275. The number of fused-ring (bicyclic) bond motifs is 1. The van der Waals surface area contributed by atoms with Gasteiger partial charge in [-0.15, -0.1) is 0 Å². The molecular formula is C18H24O2. The molecule has 1 saturated carbocycles. The van der Waals surface area contributed by atoms with Crippen molar-refractivity contribution in [1.82, 2.24) is 0 Å². The monoisotopic (exact) mass is 272 g/mol. The number of carbonyl (C=O) groups is 1. The summed E-state index contributed by atoms with van der Waals surface area (Å²) in [6.45, 7) is 4.13. The van der Waals surface area contributed by atoms with Crippen LogP contribution in [0.2, 0.25) is 0 Å². The highest BCUT2D eigenvalue weighted by atomic mass is 16.5. The lowest BCUT2D eigenvalue weighted by Crippen LogP contribution is -2.29. The Balaban J connectivity index is 2.00. The van der Waals surface area contributed by atoms with Crippen LogP contribution in [0.5, 0.6) is 5.75 Å². The van der Waals surface area contributed by atoms with Gasteiger partial charge in [-0.3, -0.25) is 4.79 Å². The first-order valence-electron chi connectivity index (χ1n) is 7.84. The van der Waals surface area contributed by atoms with E-state index in [2.05, 4.69) is 19.9 Å². The quantitative estimate of drug-likeness (QED) is 0.804. The Kier molecular flexibility index (Phi) is 3.57. The van der Waals surface area contributed by atoms with Crippen LogP contribution in [0.15, 0.2) is 6.07 Å². The Bertz CT molecular complexity index is 539. The van der Waals surface area contributed by atoms with Gasteiger partial charge in [0.25, 0.3) is 0 Å². The maximum atomic E-state index is 12.9. The molecule has 108 valence electrons. The molecule has 2 nitrogen and oxygen atoms in total. The molecule has 0 spiro atoms. The number of ketones is 1. The van der Waals surface area contributed by atoms with E-state index in [-0.39, 0.29) is 5.92 Å². The molecule has 2 aliphatic rings. The molecule has 1 unspecified atom stereocenters. The standard InChI is InChI=1S/C18H24O2/c1-11-12(2)17-14(10-16(11)20-3)8-9-15(18(17)19)13-6-4-5-7-13/h10,13,15H,4-9H2,1-3H3. The van der Waals surface area contributed by atoms with Gasteiger partial charge < -0.3 is 4.74 Å². The van der Waals surface area contributed by atoms with Gasteiger partial charge in [0.1, 0.15) is 5.75 Å². The van der Waals surface area contributed by atoms with Gasteiger partial charge in [-0.25, -0.2) is 0 Å². The zero-order valence-corrected chi connectivity index (χ0v) is 12.8. The molecule has 0 N–H and O–H groups in total. The molecule has 20 heavy (non-hydrogen) atoms. The van der Waals surface area contributed by atoms with Crippen LogP contribution in [-0.4, -0.2) is 12.9 Å². The molecule has 0 saturated heterocycles. The third-order valence-corrected chi connectivity index (χ3v) is 5.43. The number of Topliss-reactive ketones (excluding diaryl/α,β-unsaturated/α-hetero) is 1. The highest BCUT2D eigenvalue weighted by Gasteiger charge is 2.36. The summed E-state index contributed by atoms with van der Waals surface area (Å²) in [5.74, 6) is 2.24. The van der Waals surface area contributed by atoms with E-state index in [0.717, 1.165) is 35.3 Å². The van der Waals surface area contributed by atoms with Crippen molar-refractivity contribution in [2.45, 2.75) is 52.4 Å². The normalized spacial score (nSPS) is 22.9. The molecule has 1 atom stereocenters. The van der Waals surface area contributed by atoms with Crippen molar-refractivity contribution in [3.63, 3.8) is 0 Å². The van der Waals surface area contributed by atoms with E-state index in [4.69, 9.17) is 4.74 Å². The molecule has 2 heteroatoms. The fourth-order valence-electron chi connectivity index (χ4n) is 4.14. The first-order chi connectivity index (χ1) is 9.63. The molecule has 0 aliphatic heterocycles. The van der Waals surface area contributed by atoms with Crippen LogP contribution in [-0.2, 0) is 6.42 Å². The molecule has 0 radical (unpaired) electrons. The van der Waals surface area contributed by atoms with Gasteiger partial charge in [-0.2, -0.15) is 0 Å². The first kappa shape index (κ1) is 13.7. The zero-order chi connectivity index (χ0) is 14.3. The van der Waals surface area contributed by atoms with Crippen molar-refractivity contribution in [3.05, 3.63) is 28.3 Å². The summed E-state index contributed by atoms with van der Waals surface area (Å²) in [4.78, 5) is 12.9. The van der Waals surface area contributed by atoms with Crippen molar-refractivity contribution in [2.75, 3.05) is 7.11 Å². The number of hydrogen-bond donors (Lipinski definition) is 0. The first-order valence-corrected chi connectivity index (χ1v) is 7.84. The van der Waals surface area contributed by atoms with Gasteiger partial charge in [-0.1, -0.05) is 12.8 Å². The molecule has 0 bridgehead atoms. The predicted octanol–water partition coefficient (Wildman–Crippen LogP) is 4.25. The predicted molar refractivity (Wildman–Crippen MR) is 80.6 cm³/mol. The van der Waals surface area contributed by atoms with Crippen molar-refractivity contribution >= 4 is 5.78 Å². The number of hydrogen-bond acceptors (Lipinski definition) is 2. The second-order valence-corrected chi connectivity index (χ2v) is 6.42. The van der Waals surface area contributed by atoms with Crippen molar-refractivity contribution in [3.8, 4) is 5.75 Å². The van der Waals surface area contributed by atoms with Gasteiger partial charge in [0.15, 0.2) is 5.78 Å². The van der Waals surface area contributed by atoms with E-state index in [1.165, 1.54) is 31.2 Å². The number of ether oxygens (including phenoxy) is 1. The third kappa shape index (κ3) is 2.06. The van der Waals surface area contributed by atoms with E-state index in [9.17, 15) is 4.79 Å². The third-order valence-electron chi connectivity index (χ3n) is 5.43. The second-order valence-electron chi connectivity index (χ2n) is 6.42. The molecule has 1 fully saturated rings.